The number of rotatable bonds is 19. The quantitative estimate of drug-likeness (QED) is 0.105. The molecule has 0 unspecified atom stereocenters. The maximum Gasteiger partial charge on any atom is 0.261 e. The van der Waals surface area contributed by atoms with Crippen molar-refractivity contribution in [3.8, 4) is 0 Å². The summed E-state index contributed by atoms with van der Waals surface area (Å²) in [6.07, 6.45) is 18.0. The van der Waals surface area contributed by atoms with Crippen molar-refractivity contribution in [2.75, 3.05) is 13.2 Å². The molecule has 0 N–H and O–H groups in total. The third kappa shape index (κ3) is 13.7. The van der Waals surface area contributed by atoms with Crippen LogP contribution in [0.4, 0.5) is 0 Å². The first-order valence-corrected chi connectivity index (χ1v) is 25.8. The van der Waals surface area contributed by atoms with E-state index in [1.54, 1.807) is 0 Å². The van der Waals surface area contributed by atoms with Crippen LogP contribution in [0, 0.1) is 5.92 Å². The predicted octanol–water partition coefficient (Wildman–Crippen LogP) is 13.4. The van der Waals surface area contributed by atoms with Gasteiger partial charge in [-0.15, -0.1) is 0 Å². The van der Waals surface area contributed by atoms with Crippen molar-refractivity contribution in [1.29, 1.82) is 0 Å². The highest BCUT2D eigenvalue weighted by molar-refractivity contribution is 6.99. The number of carbonyl (C=O) groups excluding carboxylic acids is 1. The van der Waals surface area contributed by atoms with Gasteiger partial charge in [0.2, 0.25) is 0 Å². The van der Waals surface area contributed by atoms with Gasteiger partial charge in [0.15, 0.2) is 14.1 Å². The molecular formula is C50H76O3Si2. The highest BCUT2D eigenvalue weighted by Gasteiger charge is 2.50. The maximum absolute atomic E-state index is 13.1. The normalized spacial score (nSPS) is 16.9. The number of carbonyl (C=O) groups is 1. The van der Waals surface area contributed by atoms with Crippen LogP contribution in [0.2, 0.25) is 23.2 Å². The third-order valence-electron chi connectivity index (χ3n) is 12.2. The van der Waals surface area contributed by atoms with E-state index in [-0.39, 0.29) is 10.1 Å². The number of hydrogen-bond donors (Lipinski definition) is 0. The summed E-state index contributed by atoms with van der Waals surface area (Å²) < 4.78 is 13.7. The molecule has 0 radical (unpaired) electrons. The highest BCUT2D eigenvalue weighted by Crippen LogP contribution is 2.38. The molecule has 1 atom stereocenters. The summed E-state index contributed by atoms with van der Waals surface area (Å²) in [7, 11) is -4.38. The van der Waals surface area contributed by atoms with Gasteiger partial charge in [-0.1, -0.05) is 149 Å². The molecule has 0 aliphatic heterocycles. The monoisotopic (exact) mass is 781 g/mol. The van der Waals surface area contributed by atoms with Gasteiger partial charge in [0.1, 0.15) is 0 Å². The zero-order chi connectivity index (χ0) is 40.9. The lowest BCUT2D eigenvalue weighted by Gasteiger charge is -2.43. The van der Waals surface area contributed by atoms with Gasteiger partial charge in [0.25, 0.3) is 8.32 Å². The van der Waals surface area contributed by atoms with E-state index in [2.05, 4.69) is 174 Å². The SMILES string of the molecule is CC(C)=CCC/C(=C/CC/C(C)=C/C[C@H]1CCC(=O)C(CC/C(C)=C/CO[Si](C)(C)C(C)(C)C)=C1C)CO[Si](c1ccccc1)(c1ccccc1)C(C)(C)C. The molecule has 2 aromatic rings. The Balaban J connectivity index is 1.71. The zero-order valence-electron chi connectivity index (χ0n) is 37.2. The van der Waals surface area contributed by atoms with Gasteiger partial charge >= 0.3 is 0 Å². The molecule has 1 aliphatic carbocycles. The predicted molar refractivity (Wildman–Crippen MR) is 244 cm³/mol. The van der Waals surface area contributed by atoms with E-state index in [4.69, 9.17) is 8.85 Å². The van der Waals surface area contributed by atoms with Crippen molar-refractivity contribution < 1.29 is 13.6 Å². The molecule has 1 aliphatic rings. The van der Waals surface area contributed by atoms with Crippen molar-refractivity contribution in [2.24, 2.45) is 5.92 Å². The first kappa shape index (κ1) is 46.5. The molecule has 0 spiro atoms. The summed E-state index contributed by atoms with van der Waals surface area (Å²) >= 11 is 0. The van der Waals surface area contributed by atoms with Crippen LogP contribution in [-0.4, -0.2) is 35.6 Å². The molecule has 0 amide bonds. The van der Waals surface area contributed by atoms with E-state index in [0.717, 1.165) is 56.9 Å². The average molecular weight is 781 g/mol. The van der Waals surface area contributed by atoms with Crippen molar-refractivity contribution in [1.82, 2.24) is 0 Å². The van der Waals surface area contributed by atoms with Crippen molar-refractivity contribution in [2.45, 2.75) is 157 Å². The molecule has 3 rings (SSSR count). The summed E-state index contributed by atoms with van der Waals surface area (Å²) in [5.41, 5.74) is 7.89. The Hall–Kier alpha value is -2.84. The molecule has 0 saturated carbocycles. The number of allylic oxidation sites excluding steroid dienone is 8. The minimum absolute atomic E-state index is 0.0503. The lowest BCUT2D eigenvalue weighted by atomic mass is 9.79. The Bertz CT molecular complexity index is 1630. The lowest BCUT2D eigenvalue weighted by molar-refractivity contribution is -0.116. The maximum atomic E-state index is 13.1. The summed E-state index contributed by atoms with van der Waals surface area (Å²) in [5, 5.41) is 2.81. The second-order valence-corrected chi connectivity index (χ2v) is 28.0. The van der Waals surface area contributed by atoms with Crippen LogP contribution in [0.3, 0.4) is 0 Å². The number of ketones is 1. The van der Waals surface area contributed by atoms with E-state index in [0.29, 0.717) is 31.3 Å². The number of benzene rings is 2. The Morgan fingerprint density at radius 1 is 0.727 bits per heavy atom. The summed E-state index contributed by atoms with van der Waals surface area (Å²) in [6, 6.07) is 22.0. The van der Waals surface area contributed by atoms with Crippen LogP contribution in [-0.2, 0) is 13.6 Å². The molecular weight excluding hydrogens is 705 g/mol. The molecule has 3 nitrogen and oxygen atoms in total. The minimum atomic E-state index is -2.62. The minimum Gasteiger partial charge on any atom is -0.413 e. The molecule has 0 fully saturated rings. The van der Waals surface area contributed by atoms with Gasteiger partial charge in [-0.25, -0.2) is 0 Å². The molecule has 0 bridgehead atoms. The Kier molecular flexibility index (Phi) is 17.8. The Morgan fingerprint density at radius 2 is 1.29 bits per heavy atom. The Labute approximate surface area is 339 Å². The van der Waals surface area contributed by atoms with Crippen LogP contribution in [0.25, 0.3) is 0 Å². The third-order valence-corrected chi connectivity index (χ3v) is 21.7. The van der Waals surface area contributed by atoms with Crippen molar-refractivity contribution >= 4 is 32.8 Å². The topological polar surface area (TPSA) is 35.5 Å². The molecule has 2 aromatic carbocycles. The van der Waals surface area contributed by atoms with Gasteiger partial charge in [-0.2, -0.15) is 0 Å². The highest BCUT2D eigenvalue weighted by atomic mass is 28.4. The van der Waals surface area contributed by atoms with E-state index in [9.17, 15) is 4.79 Å². The largest absolute Gasteiger partial charge is 0.413 e. The van der Waals surface area contributed by atoms with Crippen LogP contribution in [0.15, 0.2) is 118 Å². The smallest absolute Gasteiger partial charge is 0.261 e. The van der Waals surface area contributed by atoms with E-state index < -0.39 is 16.6 Å². The second-order valence-electron chi connectivity index (χ2n) is 18.9. The van der Waals surface area contributed by atoms with Crippen LogP contribution in [0.5, 0.6) is 0 Å². The number of hydrogen-bond acceptors (Lipinski definition) is 3. The fourth-order valence-electron chi connectivity index (χ4n) is 7.49. The van der Waals surface area contributed by atoms with Gasteiger partial charge in [-0.05, 0) is 137 Å². The van der Waals surface area contributed by atoms with Crippen molar-refractivity contribution in [3.63, 3.8) is 0 Å². The first-order valence-electron chi connectivity index (χ1n) is 21.0. The fourth-order valence-corrected chi connectivity index (χ4v) is 13.0. The number of Topliss-reactive ketones (excluding diaryl/α,β-unsaturated/α-hetero) is 1. The lowest BCUT2D eigenvalue weighted by Crippen LogP contribution is -2.66. The second kappa shape index (κ2) is 21.1. The molecule has 55 heavy (non-hydrogen) atoms. The fraction of sp³-hybridized carbons (Fsp3) is 0.540. The standard InChI is InChI=1S/C50H76O3Si2/c1-39(2)22-20-24-43(38-53-55(50(9,10)11,45-26-16-14-17-27-45)46-28-18-15-19-29-46)25-21-23-40(3)30-32-44-33-35-48(51)47(42(44)5)34-31-41(4)36-37-52-54(12,13)49(6,7)8/h14-19,22,25-30,36,44H,20-21,23-24,31-35,37-38H2,1-13H3/b40-30+,41-36+,43-25-/t44-/m0/s1. The molecule has 0 aromatic heterocycles. The summed E-state index contributed by atoms with van der Waals surface area (Å²) in [6.45, 7) is 30.9. The van der Waals surface area contributed by atoms with E-state index in [1.165, 1.54) is 38.2 Å². The van der Waals surface area contributed by atoms with Crippen LogP contribution in [0.1, 0.15) is 134 Å². The van der Waals surface area contributed by atoms with Gasteiger partial charge in [0, 0.05) is 6.42 Å². The van der Waals surface area contributed by atoms with Gasteiger partial charge in [-0.3, -0.25) is 4.79 Å². The van der Waals surface area contributed by atoms with Crippen LogP contribution < -0.4 is 10.4 Å². The zero-order valence-corrected chi connectivity index (χ0v) is 39.2. The first-order chi connectivity index (χ1) is 25.8. The molecule has 0 heterocycles. The molecule has 5 heteroatoms. The van der Waals surface area contributed by atoms with E-state index >= 15 is 0 Å². The van der Waals surface area contributed by atoms with E-state index in [1.807, 2.05) is 0 Å². The Morgan fingerprint density at radius 3 is 1.84 bits per heavy atom. The molecule has 302 valence electrons. The van der Waals surface area contributed by atoms with Crippen molar-refractivity contribution in [3.05, 3.63) is 118 Å². The molecule has 0 saturated heterocycles. The van der Waals surface area contributed by atoms with Gasteiger partial charge < -0.3 is 8.85 Å². The van der Waals surface area contributed by atoms with Crippen LogP contribution >= 0.6 is 0 Å². The average Bonchev–Trinajstić information content (AvgIpc) is 3.11. The van der Waals surface area contributed by atoms with Gasteiger partial charge in [0.05, 0.1) is 13.2 Å². The summed E-state index contributed by atoms with van der Waals surface area (Å²) in [4.78, 5) is 13.1. The summed E-state index contributed by atoms with van der Waals surface area (Å²) in [5.74, 6) is 0.801.